The highest BCUT2D eigenvalue weighted by Crippen LogP contribution is 2.31. The van der Waals surface area contributed by atoms with Gasteiger partial charge in [0, 0.05) is 17.6 Å². The Kier molecular flexibility index (Phi) is 4.22. The highest BCUT2D eigenvalue weighted by atomic mass is 15.0. The number of anilines is 1. The van der Waals surface area contributed by atoms with Crippen molar-refractivity contribution >= 4 is 16.9 Å². The van der Waals surface area contributed by atoms with E-state index in [1.54, 1.807) is 0 Å². The number of hydrogen-bond acceptors (Lipinski definition) is 3. The van der Waals surface area contributed by atoms with Crippen LogP contribution in [0.5, 0.6) is 0 Å². The standard InChI is InChI=1S/C20H24N4/c21-10-8-14-4-3-5-15(12-14)18-13-19(23-16-6-1-2-7-16)24-20-17(18)9-11-22-20/h3-5,9,11-13,16H,1-2,6-8,10,21H2,(H2,22,23,24). The number of pyridine rings is 1. The molecule has 1 aliphatic rings. The smallest absolute Gasteiger partial charge is 0.140 e. The number of benzene rings is 1. The number of nitrogens with one attached hydrogen (secondary N) is 2. The van der Waals surface area contributed by atoms with Crippen molar-refractivity contribution in [1.29, 1.82) is 0 Å². The molecule has 4 rings (SSSR count). The summed E-state index contributed by atoms with van der Waals surface area (Å²) in [5.74, 6) is 0.969. The average Bonchev–Trinajstić information content (AvgIpc) is 3.26. The minimum absolute atomic E-state index is 0.557. The molecule has 2 aromatic heterocycles. The molecule has 0 saturated heterocycles. The minimum Gasteiger partial charge on any atom is -0.367 e. The van der Waals surface area contributed by atoms with Crippen LogP contribution in [0.3, 0.4) is 0 Å². The zero-order chi connectivity index (χ0) is 16.4. The number of hydrogen-bond donors (Lipinski definition) is 3. The van der Waals surface area contributed by atoms with Crippen LogP contribution in [0, 0.1) is 0 Å². The van der Waals surface area contributed by atoms with Gasteiger partial charge in [0.15, 0.2) is 0 Å². The fourth-order valence-corrected chi connectivity index (χ4v) is 3.69. The van der Waals surface area contributed by atoms with Crippen LogP contribution in [0.15, 0.2) is 42.6 Å². The Balaban J connectivity index is 1.75. The molecule has 0 atom stereocenters. The second-order valence-electron chi connectivity index (χ2n) is 6.66. The van der Waals surface area contributed by atoms with Crippen molar-refractivity contribution in [1.82, 2.24) is 9.97 Å². The van der Waals surface area contributed by atoms with E-state index in [4.69, 9.17) is 10.7 Å². The second-order valence-corrected chi connectivity index (χ2v) is 6.66. The minimum atomic E-state index is 0.557. The van der Waals surface area contributed by atoms with Crippen molar-refractivity contribution in [3.8, 4) is 11.1 Å². The lowest BCUT2D eigenvalue weighted by Gasteiger charge is -2.14. The molecule has 24 heavy (non-hydrogen) atoms. The molecule has 3 aromatic rings. The van der Waals surface area contributed by atoms with E-state index in [1.165, 1.54) is 42.4 Å². The van der Waals surface area contributed by atoms with Crippen molar-refractivity contribution in [3.63, 3.8) is 0 Å². The molecule has 1 saturated carbocycles. The van der Waals surface area contributed by atoms with Crippen LogP contribution in [0.4, 0.5) is 5.82 Å². The van der Waals surface area contributed by atoms with Gasteiger partial charge < -0.3 is 16.0 Å². The monoisotopic (exact) mass is 320 g/mol. The molecule has 0 radical (unpaired) electrons. The number of H-pyrrole nitrogens is 1. The first-order valence-electron chi connectivity index (χ1n) is 8.87. The molecule has 0 bridgehead atoms. The summed E-state index contributed by atoms with van der Waals surface area (Å²) in [6.07, 6.45) is 7.98. The summed E-state index contributed by atoms with van der Waals surface area (Å²) in [7, 11) is 0. The van der Waals surface area contributed by atoms with Gasteiger partial charge in [-0.25, -0.2) is 4.98 Å². The maximum atomic E-state index is 5.71. The van der Waals surface area contributed by atoms with Gasteiger partial charge in [0.25, 0.3) is 0 Å². The Morgan fingerprint density at radius 3 is 2.88 bits per heavy atom. The lowest BCUT2D eigenvalue weighted by Crippen LogP contribution is -2.15. The van der Waals surface area contributed by atoms with Gasteiger partial charge >= 0.3 is 0 Å². The second kappa shape index (κ2) is 6.65. The highest BCUT2D eigenvalue weighted by molar-refractivity contribution is 5.94. The van der Waals surface area contributed by atoms with E-state index in [1.807, 2.05) is 6.20 Å². The van der Waals surface area contributed by atoms with Crippen LogP contribution >= 0.6 is 0 Å². The highest BCUT2D eigenvalue weighted by Gasteiger charge is 2.16. The summed E-state index contributed by atoms with van der Waals surface area (Å²) in [6, 6.07) is 13.5. The van der Waals surface area contributed by atoms with Gasteiger partial charge in [0.1, 0.15) is 11.5 Å². The zero-order valence-corrected chi connectivity index (χ0v) is 13.9. The summed E-state index contributed by atoms with van der Waals surface area (Å²) in [5.41, 5.74) is 10.4. The molecule has 4 nitrogen and oxygen atoms in total. The topological polar surface area (TPSA) is 66.7 Å². The molecular formula is C20H24N4. The summed E-state index contributed by atoms with van der Waals surface area (Å²) < 4.78 is 0. The van der Waals surface area contributed by atoms with Gasteiger partial charge in [-0.05, 0) is 54.6 Å². The first kappa shape index (κ1) is 15.2. The largest absolute Gasteiger partial charge is 0.367 e. The van der Waals surface area contributed by atoms with Gasteiger partial charge in [-0.3, -0.25) is 0 Å². The SMILES string of the molecule is NCCc1cccc(-c2cc(NC3CCCC3)nc3[nH]ccc23)c1. The molecule has 2 heterocycles. The van der Waals surface area contributed by atoms with Crippen LogP contribution < -0.4 is 11.1 Å². The fourth-order valence-electron chi connectivity index (χ4n) is 3.69. The van der Waals surface area contributed by atoms with E-state index in [9.17, 15) is 0 Å². The molecule has 1 aromatic carbocycles. The predicted molar refractivity (Wildman–Crippen MR) is 100 cm³/mol. The predicted octanol–water partition coefficient (Wildman–Crippen LogP) is 4.09. The lowest BCUT2D eigenvalue weighted by molar-refractivity contribution is 0.751. The van der Waals surface area contributed by atoms with E-state index < -0.39 is 0 Å². The van der Waals surface area contributed by atoms with Crippen LogP contribution in [0.25, 0.3) is 22.2 Å². The lowest BCUT2D eigenvalue weighted by atomic mass is 10.00. The van der Waals surface area contributed by atoms with Crippen molar-refractivity contribution < 1.29 is 0 Å². The van der Waals surface area contributed by atoms with Gasteiger partial charge in [-0.15, -0.1) is 0 Å². The van der Waals surface area contributed by atoms with Crippen LogP contribution in [-0.4, -0.2) is 22.6 Å². The number of aromatic nitrogens is 2. The Hall–Kier alpha value is -2.33. The van der Waals surface area contributed by atoms with E-state index in [-0.39, 0.29) is 0 Å². The summed E-state index contributed by atoms with van der Waals surface area (Å²) in [4.78, 5) is 8.02. The van der Waals surface area contributed by atoms with Gasteiger partial charge in [-0.1, -0.05) is 37.1 Å². The van der Waals surface area contributed by atoms with Gasteiger partial charge in [0.05, 0.1) is 0 Å². The maximum absolute atomic E-state index is 5.71. The van der Waals surface area contributed by atoms with Crippen LogP contribution in [-0.2, 0) is 6.42 Å². The quantitative estimate of drug-likeness (QED) is 0.663. The molecule has 1 aliphatic carbocycles. The van der Waals surface area contributed by atoms with Crippen molar-refractivity contribution in [3.05, 3.63) is 48.2 Å². The Morgan fingerprint density at radius 1 is 1.17 bits per heavy atom. The molecule has 0 amide bonds. The van der Waals surface area contributed by atoms with E-state index in [0.29, 0.717) is 12.6 Å². The summed E-state index contributed by atoms with van der Waals surface area (Å²) >= 11 is 0. The van der Waals surface area contributed by atoms with Crippen LogP contribution in [0.2, 0.25) is 0 Å². The Labute approximate surface area is 142 Å². The summed E-state index contributed by atoms with van der Waals surface area (Å²) in [5, 5.41) is 4.79. The third-order valence-corrected chi connectivity index (χ3v) is 4.91. The first-order valence-corrected chi connectivity index (χ1v) is 8.87. The van der Waals surface area contributed by atoms with Crippen molar-refractivity contribution in [2.45, 2.75) is 38.1 Å². The summed E-state index contributed by atoms with van der Waals surface area (Å²) in [6.45, 7) is 0.674. The molecule has 4 heteroatoms. The van der Waals surface area contributed by atoms with Crippen molar-refractivity contribution in [2.24, 2.45) is 5.73 Å². The maximum Gasteiger partial charge on any atom is 0.140 e. The van der Waals surface area contributed by atoms with Crippen LogP contribution in [0.1, 0.15) is 31.2 Å². The molecule has 0 spiro atoms. The van der Waals surface area contributed by atoms with Gasteiger partial charge in [-0.2, -0.15) is 0 Å². The molecule has 1 fully saturated rings. The van der Waals surface area contributed by atoms with E-state index >= 15 is 0 Å². The van der Waals surface area contributed by atoms with E-state index in [2.05, 4.69) is 46.7 Å². The van der Waals surface area contributed by atoms with E-state index in [0.717, 1.165) is 23.3 Å². The Morgan fingerprint density at radius 2 is 2.04 bits per heavy atom. The molecule has 124 valence electrons. The number of nitrogens with two attached hydrogens (primary N) is 1. The zero-order valence-electron chi connectivity index (χ0n) is 13.9. The third-order valence-electron chi connectivity index (χ3n) is 4.91. The Bertz CT molecular complexity index is 831. The molecule has 0 unspecified atom stereocenters. The van der Waals surface area contributed by atoms with Gasteiger partial charge in [0.2, 0.25) is 0 Å². The normalized spacial score (nSPS) is 15.2. The first-order chi connectivity index (χ1) is 11.8. The fraction of sp³-hybridized carbons (Fsp3) is 0.350. The number of nitrogens with zero attached hydrogens (tertiary/aromatic N) is 1. The average molecular weight is 320 g/mol. The number of fused-ring (bicyclic) bond motifs is 1. The molecular weight excluding hydrogens is 296 g/mol. The third kappa shape index (κ3) is 3.02. The number of aromatic amines is 1. The molecule has 0 aliphatic heterocycles. The van der Waals surface area contributed by atoms with Crippen molar-refractivity contribution in [2.75, 3.05) is 11.9 Å². The molecule has 4 N–H and O–H groups in total. The number of rotatable bonds is 5.